The maximum absolute atomic E-state index is 4.71. The van der Waals surface area contributed by atoms with Crippen molar-refractivity contribution in [1.82, 2.24) is 15.6 Å². The van der Waals surface area contributed by atoms with Gasteiger partial charge in [0.15, 0.2) is 11.1 Å². The van der Waals surface area contributed by atoms with Gasteiger partial charge in [0.05, 0.1) is 18.8 Å². The minimum absolute atomic E-state index is 0.668. The molecule has 0 fully saturated rings. The highest BCUT2D eigenvalue weighted by Crippen LogP contribution is 2.17. The number of hydrogen-bond donors (Lipinski definition) is 2. The molecule has 1 aromatic carbocycles. The van der Waals surface area contributed by atoms with Crippen LogP contribution in [0.25, 0.3) is 0 Å². The van der Waals surface area contributed by atoms with Crippen LogP contribution >= 0.6 is 11.3 Å². The average molecular weight is 360 g/mol. The highest BCUT2D eigenvalue weighted by molar-refractivity contribution is 7.13. The Hall–Kier alpha value is -2.08. The number of aliphatic imine (C=N–C) groups is 1. The number of unbranched alkanes of at least 4 members (excludes halogenated alkanes) is 1. The van der Waals surface area contributed by atoms with Gasteiger partial charge in [-0.3, -0.25) is 0 Å². The van der Waals surface area contributed by atoms with Crippen LogP contribution in [0.4, 0.5) is 5.13 Å². The van der Waals surface area contributed by atoms with Gasteiger partial charge in [0.2, 0.25) is 0 Å². The first-order valence-corrected chi connectivity index (χ1v) is 9.66. The SMILES string of the molecule is CCCCNC(=NCc1ccc(C)cc1)NCc1csc(N(C)C)n1. The molecular formula is C19H29N5S. The van der Waals surface area contributed by atoms with Gasteiger partial charge in [0.1, 0.15) is 0 Å². The van der Waals surface area contributed by atoms with Crippen LogP contribution in [0, 0.1) is 6.92 Å². The number of hydrogen-bond acceptors (Lipinski definition) is 4. The van der Waals surface area contributed by atoms with E-state index in [2.05, 4.69) is 59.1 Å². The fourth-order valence-corrected chi connectivity index (χ4v) is 2.94. The largest absolute Gasteiger partial charge is 0.356 e. The zero-order valence-corrected chi connectivity index (χ0v) is 16.5. The minimum atomic E-state index is 0.668. The molecule has 0 spiro atoms. The lowest BCUT2D eigenvalue weighted by Gasteiger charge is -2.12. The Kier molecular flexibility index (Phi) is 7.73. The molecule has 2 rings (SSSR count). The number of benzene rings is 1. The van der Waals surface area contributed by atoms with Gasteiger partial charge < -0.3 is 15.5 Å². The molecule has 0 atom stereocenters. The van der Waals surface area contributed by atoms with Gasteiger partial charge in [0, 0.05) is 26.0 Å². The number of guanidine groups is 1. The zero-order valence-electron chi connectivity index (χ0n) is 15.7. The van der Waals surface area contributed by atoms with Gasteiger partial charge in [-0.15, -0.1) is 11.3 Å². The Morgan fingerprint density at radius 1 is 1.20 bits per heavy atom. The van der Waals surface area contributed by atoms with Crippen molar-refractivity contribution in [2.75, 3.05) is 25.5 Å². The highest BCUT2D eigenvalue weighted by atomic mass is 32.1. The Labute approximate surface area is 155 Å². The molecule has 0 unspecified atom stereocenters. The van der Waals surface area contributed by atoms with E-state index in [1.807, 2.05) is 19.0 Å². The number of aromatic nitrogens is 1. The monoisotopic (exact) mass is 359 g/mol. The zero-order chi connectivity index (χ0) is 18.1. The molecule has 0 aliphatic heterocycles. The van der Waals surface area contributed by atoms with E-state index in [-0.39, 0.29) is 0 Å². The summed E-state index contributed by atoms with van der Waals surface area (Å²) in [5.41, 5.74) is 3.52. The standard InChI is InChI=1S/C19H29N5S/c1-5-6-11-20-18(21-12-16-9-7-15(2)8-10-16)22-13-17-14-25-19(23-17)24(3)4/h7-10,14H,5-6,11-13H2,1-4H3,(H2,20,21,22). The normalized spacial score (nSPS) is 11.4. The maximum Gasteiger partial charge on any atom is 0.191 e. The van der Waals surface area contributed by atoms with E-state index < -0.39 is 0 Å². The second kappa shape index (κ2) is 10.0. The smallest absolute Gasteiger partial charge is 0.191 e. The van der Waals surface area contributed by atoms with Crippen LogP contribution in [0.1, 0.15) is 36.6 Å². The first-order chi connectivity index (χ1) is 12.1. The van der Waals surface area contributed by atoms with E-state index in [9.17, 15) is 0 Å². The van der Waals surface area contributed by atoms with Crippen LogP contribution in [0.15, 0.2) is 34.6 Å². The number of nitrogens with one attached hydrogen (secondary N) is 2. The van der Waals surface area contributed by atoms with Crippen molar-refractivity contribution in [3.05, 3.63) is 46.5 Å². The molecule has 6 heteroatoms. The second-order valence-corrected chi connectivity index (χ2v) is 7.14. The van der Waals surface area contributed by atoms with E-state index in [0.717, 1.165) is 36.2 Å². The minimum Gasteiger partial charge on any atom is -0.356 e. The summed E-state index contributed by atoms with van der Waals surface area (Å²) < 4.78 is 0. The van der Waals surface area contributed by atoms with Gasteiger partial charge >= 0.3 is 0 Å². The van der Waals surface area contributed by atoms with Crippen molar-refractivity contribution in [1.29, 1.82) is 0 Å². The fraction of sp³-hybridized carbons (Fsp3) is 0.474. The van der Waals surface area contributed by atoms with Crippen molar-refractivity contribution in [2.45, 2.75) is 39.8 Å². The van der Waals surface area contributed by atoms with Crippen molar-refractivity contribution in [2.24, 2.45) is 4.99 Å². The number of anilines is 1. The fourth-order valence-electron chi connectivity index (χ4n) is 2.18. The van der Waals surface area contributed by atoms with Gasteiger partial charge in [-0.05, 0) is 18.9 Å². The number of rotatable bonds is 8. The molecule has 0 saturated heterocycles. The molecule has 0 amide bonds. The Morgan fingerprint density at radius 2 is 1.96 bits per heavy atom. The first kappa shape index (κ1) is 19.2. The van der Waals surface area contributed by atoms with Crippen LogP contribution in [-0.4, -0.2) is 31.6 Å². The van der Waals surface area contributed by atoms with Crippen molar-refractivity contribution in [3.63, 3.8) is 0 Å². The Bertz CT molecular complexity index is 661. The number of aryl methyl sites for hydroxylation is 1. The summed E-state index contributed by atoms with van der Waals surface area (Å²) >= 11 is 1.66. The molecule has 5 nitrogen and oxygen atoms in total. The number of nitrogens with zero attached hydrogens (tertiary/aromatic N) is 3. The molecule has 136 valence electrons. The molecular weight excluding hydrogens is 330 g/mol. The van der Waals surface area contributed by atoms with Crippen molar-refractivity contribution in [3.8, 4) is 0 Å². The summed E-state index contributed by atoms with van der Waals surface area (Å²) in [6, 6.07) is 8.51. The molecule has 25 heavy (non-hydrogen) atoms. The van der Waals surface area contributed by atoms with E-state index in [4.69, 9.17) is 4.99 Å². The molecule has 0 aliphatic rings. The lowest BCUT2D eigenvalue weighted by molar-refractivity contribution is 0.722. The summed E-state index contributed by atoms with van der Waals surface area (Å²) in [4.78, 5) is 11.3. The molecule has 1 aromatic heterocycles. The van der Waals surface area contributed by atoms with Gasteiger partial charge in [-0.2, -0.15) is 0 Å². The second-order valence-electron chi connectivity index (χ2n) is 6.30. The molecule has 2 N–H and O–H groups in total. The number of thiazole rings is 1. The summed E-state index contributed by atoms with van der Waals surface area (Å²) in [6.07, 6.45) is 2.29. The van der Waals surface area contributed by atoms with Gasteiger partial charge in [-0.25, -0.2) is 9.98 Å². The van der Waals surface area contributed by atoms with Crippen molar-refractivity contribution < 1.29 is 0 Å². The first-order valence-electron chi connectivity index (χ1n) is 8.78. The van der Waals surface area contributed by atoms with E-state index in [1.54, 1.807) is 11.3 Å². The Morgan fingerprint density at radius 3 is 2.60 bits per heavy atom. The average Bonchev–Trinajstić information content (AvgIpc) is 3.08. The van der Waals surface area contributed by atoms with Crippen LogP contribution < -0.4 is 15.5 Å². The van der Waals surface area contributed by atoms with Crippen LogP contribution in [-0.2, 0) is 13.1 Å². The van der Waals surface area contributed by atoms with E-state index >= 15 is 0 Å². The third kappa shape index (κ3) is 6.74. The van der Waals surface area contributed by atoms with Crippen LogP contribution in [0.5, 0.6) is 0 Å². The molecule has 0 aliphatic carbocycles. The van der Waals surface area contributed by atoms with Crippen LogP contribution in [0.3, 0.4) is 0 Å². The molecule has 2 aromatic rings. The summed E-state index contributed by atoms with van der Waals surface area (Å²) in [7, 11) is 4.02. The van der Waals surface area contributed by atoms with Gasteiger partial charge in [0.25, 0.3) is 0 Å². The predicted octanol–water partition coefficient (Wildman–Crippen LogP) is 3.55. The quantitative estimate of drug-likeness (QED) is 0.430. The molecule has 1 heterocycles. The van der Waals surface area contributed by atoms with Gasteiger partial charge in [-0.1, -0.05) is 43.2 Å². The third-order valence-electron chi connectivity index (χ3n) is 3.72. The van der Waals surface area contributed by atoms with E-state index in [1.165, 1.54) is 11.1 Å². The van der Waals surface area contributed by atoms with Crippen molar-refractivity contribution >= 4 is 22.4 Å². The third-order valence-corrected chi connectivity index (χ3v) is 4.78. The molecule has 0 bridgehead atoms. The Balaban J connectivity index is 1.95. The topological polar surface area (TPSA) is 52.6 Å². The maximum atomic E-state index is 4.71. The lowest BCUT2D eigenvalue weighted by atomic mass is 10.1. The predicted molar refractivity (Wildman–Crippen MR) is 109 cm³/mol. The summed E-state index contributed by atoms with van der Waals surface area (Å²) in [5, 5.41) is 9.91. The molecule has 0 saturated carbocycles. The van der Waals surface area contributed by atoms with Crippen LogP contribution in [0.2, 0.25) is 0 Å². The summed E-state index contributed by atoms with van der Waals surface area (Å²) in [5.74, 6) is 0.841. The van der Waals surface area contributed by atoms with E-state index in [0.29, 0.717) is 13.1 Å². The molecule has 0 radical (unpaired) electrons. The lowest BCUT2D eigenvalue weighted by Crippen LogP contribution is -2.37. The highest BCUT2D eigenvalue weighted by Gasteiger charge is 2.05. The summed E-state index contributed by atoms with van der Waals surface area (Å²) in [6.45, 7) is 6.56.